The number of ether oxygens (including phenoxy) is 4. The minimum absolute atomic E-state index is 0.000983. The summed E-state index contributed by atoms with van der Waals surface area (Å²) in [7, 11) is 6.23. The Morgan fingerprint density at radius 2 is 1.18 bits per heavy atom. The molecule has 2 rings (SSSR count). The van der Waals surface area contributed by atoms with Crippen molar-refractivity contribution in [2.45, 2.75) is 6.42 Å². The number of phenolic OH excluding ortho intramolecular Hbond substituents is 1. The highest BCUT2D eigenvalue weighted by atomic mass is 16.5. The third-order valence-corrected chi connectivity index (χ3v) is 3.40. The summed E-state index contributed by atoms with van der Waals surface area (Å²) >= 11 is 0. The summed E-state index contributed by atoms with van der Waals surface area (Å²) in [4.78, 5) is 0. The highest BCUT2D eigenvalue weighted by molar-refractivity contribution is 5.54. The summed E-state index contributed by atoms with van der Waals surface area (Å²) in [6, 6.07) is 9.32. The van der Waals surface area contributed by atoms with Crippen LogP contribution in [0.15, 0.2) is 30.3 Å². The second-order valence-electron chi connectivity index (χ2n) is 4.72. The smallest absolute Gasteiger partial charge is 0.200 e. The first-order valence-corrected chi connectivity index (χ1v) is 6.77. The Bertz CT molecular complexity index is 626. The summed E-state index contributed by atoms with van der Waals surface area (Å²) < 4.78 is 20.9. The second-order valence-corrected chi connectivity index (χ2v) is 4.72. The monoisotopic (exact) mass is 304 g/mol. The van der Waals surface area contributed by atoms with E-state index >= 15 is 0 Å². The number of benzene rings is 2. The maximum atomic E-state index is 9.94. The van der Waals surface area contributed by atoms with Crippen LogP contribution >= 0.6 is 0 Å². The number of aromatic hydroxyl groups is 1. The molecule has 0 bridgehead atoms. The van der Waals surface area contributed by atoms with Crippen LogP contribution in [0.1, 0.15) is 11.1 Å². The minimum atomic E-state index is 0.000983. The molecule has 0 saturated heterocycles. The quantitative estimate of drug-likeness (QED) is 0.889. The average molecular weight is 304 g/mol. The lowest BCUT2D eigenvalue weighted by molar-refractivity contribution is 0.339. The van der Waals surface area contributed by atoms with Crippen LogP contribution in [-0.2, 0) is 6.42 Å². The van der Waals surface area contributed by atoms with Crippen LogP contribution in [-0.4, -0.2) is 33.5 Å². The Morgan fingerprint density at radius 3 is 1.68 bits per heavy atom. The number of methoxy groups -OCH3 is 4. The van der Waals surface area contributed by atoms with Gasteiger partial charge in [-0.05, 0) is 41.8 Å². The molecule has 2 aromatic carbocycles. The topological polar surface area (TPSA) is 57.2 Å². The van der Waals surface area contributed by atoms with E-state index in [1.807, 2.05) is 18.2 Å². The molecule has 0 unspecified atom stereocenters. The first-order chi connectivity index (χ1) is 10.6. The van der Waals surface area contributed by atoms with Crippen molar-refractivity contribution in [1.82, 2.24) is 0 Å². The third-order valence-electron chi connectivity index (χ3n) is 3.40. The summed E-state index contributed by atoms with van der Waals surface area (Å²) in [5, 5.41) is 9.94. The van der Waals surface area contributed by atoms with E-state index in [1.165, 1.54) is 14.2 Å². The van der Waals surface area contributed by atoms with Crippen LogP contribution in [0.2, 0.25) is 0 Å². The standard InChI is InChI=1S/C17H20O5/c1-19-13-6-5-11(8-14(13)20-2)7-12-9-15(21-3)17(18)16(10-12)22-4/h5-6,8-10,18H,7H2,1-4H3. The van der Waals surface area contributed by atoms with Crippen LogP contribution in [0, 0.1) is 0 Å². The number of hydrogen-bond donors (Lipinski definition) is 1. The molecule has 0 aliphatic heterocycles. The molecular formula is C17H20O5. The first-order valence-electron chi connectivity index (χ1n) is 6.77. The van der Waals surface area contributed by atoms with Crippen LogP contribution in [0.3, 0.4) is 0 Å². The fraction of sp³-hybridized carbons (Fsp3) is 0.294. The number of phenols is 1. The molecule has 118 valence electrons. The summed E-state index contributed by atoms with van der Waals surface area (Å²) in [6.07, 6.45) is 0.646. The minimum Gasteiger partial charge on any atom is -0.502 e. The summed E-state index contributed by atoms with van der Waals surface area (Å²) in [6.45, 7) is 0. The number of hydrogen-bond acceptors (Lipinski definition) is 5. The fourth-order valence-electron chi connectivity index (χ4n) is 2.28. The van der Waals surface area contributed by atoms with Crippen LogP contribution in [0.4, 0.5) is 0 Å². The van der Waals surface area contributed by atoms with Gasteiger partial charge in [-0.25, -0.2) is 0 Å². The zero-order valence-electron chi connectivity index (χ0n) is 13.2. The predicted molar refractivity (Wildman–Crippen MR) is 83.6 cm³/mol. The summed E-state index contributed by atoms with van der Waals surface area (Å²) in [5.41, 5.74) is 2.01. The Kier molecular flexibility index (Phi) is 4.99. The molecule has 0 amide bonds. The normalized spacial score (nSPS) is 10.2. The van der Waals surface area contributed by atoms with Gasteiger partial charge in [0.25, 0.3) is 0 Å². The third kappa shape index (κ3) is 3.19. The Morgan fingerprint density at radius 1 is 0.682 bits per heavy atom. The maximum Gasteiger partial charge on any atom is 0.200 e. The van der Waals surface area contributed by atoms with Gasteiger partial charge >= 0.3 is 0 Å². The Hall–Kier alpha value is -2.56. The molecule has 0 radical (unpaired) electrons. The molecule has 0 aliphatic rings. The molecule has 5 nitrogen and oxygen atoms in total. The first kappa shape index (κ1) is 15.8. The molecule has 5 heteroatoms. The van der Waals surface area contributed by atoms with Crippen molar-refractivity contribution in [2.75, 3.05) is 28.4 Å². The lowest BCUT2D eigenvalue weighted by Crippen LogP contribution is -1.96. The molecular weight excluding hydrogens is 284 g/mol. The summed E-state index contributed by atoms with van der Waals surface area (Å²) in [5.74, 6) is 2.13. The van der Waals surface area contributed by atoms with E-state index in [0.29, 0.717) is 29.4 Å². The molecule has 0 spiro atoms. The van der Waals surface area contributed by atoms with E-state index in [9.17, 15) is 5.11 Å². The van der Waals surface area contributed by atoms with Crippen molar-refractivity contribution in [1.29, 1.82) is 0 Å². The van der Waals surface area contributed by atoms with Crippen molar-refractivity contribution in [3.63, 3.8) is 0 Å². The van der Waals surface area contributed by atoms with Gasteiger partial charge in [0, 0.05) is 0 Å². The lowest BCUT2D eigenvalue weighted by atomic mass is 10.0. The Labute approximate surface area is 130 Å². The van der Waals surface area contributed by atoms with E-state index < -0.39 is 0 Å². The fourth-order valence-corrected chi connectivity index (χ4v) is 2.28. The largest absolute Gasteiger partial charge is 0.502 e. The van der Waals surface area contributed by atoms with E-state index in [-0.39, 0.29) is 5.75 Å². The second kappa shape index (κ2) is 6.93. The molecule has 0 heterocycles. The van der Waals surface area contributed by atoms with Crippen LogP contribution < -0.4 is 18.9 Å². The van der Waals surface area contributed by atoms with E-state index in [0.717, 1.165) is 11.1 Å². The van der Waals surface area contributed by atoms with E-state index in [4.69, 9.17) is 18.9 Å². The van der Waals surface area contributed by atoms with Crippen molar-refractivity contribution in [2.24, 2.45) is 0 Å². The van der Waals surface area contributed by atoms with Gasteiger partial charge in [-0.3, -0.25) is 0 Å². The van der Waals surface area contributed by atoms with Gasteiger partial charge in [0.2, 0.25) is 5.75 Å². The van der Waals surface area contributed by atoms with Gasteiger partial charge in [0.15, 0.2) is 23.0 Å². The van der Waals surface area contributed by atoms with Crippen molar-refractivity contribution in [3.8, 4) is 28.7 Å². The van der Waals surface area contributed by atoms with Gasteiger partial charge in [0.1, 0.15) is 0 Å². The molecule has 0 aromatic heterocycles. The van der Waals surface area contributed by atoms with Crippen molar-refractivity contribution >= 4 is 0 Å². The molecule has 0 saturated carbocycles. The Balaban J connectivity index is 2.34. The number of rotatable bonds is 6. The van der Waals surface area contributed by atoms with Crippen molar-refractivity contribution < 1.29 is 24.1 Å². The van der Waals surface area contributed by atoms with Gasteiger partial charge in [-0.15, -0.1) is 0 Å². The predicted octanol–water partition coefficient (Wildman–Crippen LogP) is 3.02. The van der Waals surface area contributed by atoms with E-state index in [1.54, 1.807) is 26.4 Å². The highest BCUT2D eigenvalue weighted by Crippen LogP contribution is 2.38. The van der Waals surface area contributed by atoms with E-state index in [2.05, 4.69) is 0 Å². The van der Waals surface area contributed by atoms with Gasteiger partial charge in [0.05, 0.1) is 28.4 Å². The van der Waals surface area contributed by atoms with Crippen molar-refractivity contribution in [3.05, 3.63) is 41.5 Å². The maximum absolute atomic E-state index is 9.94. The molecule has 0 atom stereocenters. The zero-order valence-corrected chi connectivity index (χ0v) is 13.2. The molecule has 2 aromatic rings. The van der Waals surface area contributed by atoms with Crippen LogP contribution in [0.25, 0.3) is 0 Å². The van der Waals surface area contributed by atoms with Gasteiger partial charge in [-0.2, -0.15) is 0 Å². The van der Waals surface area contributed by atoms with Gasteiger partial charge < -0.3 is 24.1 Å². The van der Waals surface area contributed by atoms with Gasteiger partial charge in [-0.1, -0.05) is 6.07 Å². The SMILES string of the molecule is COc1ccc(Cc2cc(OC)c(O)c(OC)c2)cc1OC. The lowest BCUT2D eigenvalue weighted by Gasteiger charge is -2.12. The molecule has 1 N–H and O–H groups in total. The zero-order chi connectivity index (χ0) is 16.1. The molecule has 22 heavy (non-hydrogen) atoms. The van der Waals surface area contributed by atoms with Crippen LogP contribution in [0.5, 0.6) is 28.7 Å². The highest BCUT2D eigenvalue weighted by Gasteiger charge is 2.12. The molecule has 0 fully saturated rings. The average Bonchev–Trinajstić information content (AvgIpc) is 2.56. The molecule has 0 aliphatic carbocycles.